The summed E-state index contributed by atoms with van der Waals surface area (Å²) < 4.78 is 1.73. The first kappa shape index (κ1) is 15.8. The van der Waals surface area contributed by atoms with Gasteiger partial charge in [0.25, 0.3) is 5.78 Å². The number of amides is 2. The van der Waals surface area contributed by atoms with Gasteiger partial charge in [0.2, 0.25) is 11.8 Å². The monoisotopic (exact) mass is 343 g/mol. The van der Waals surface area contributed by atoms with Gasteiger partial charge in [0, 0.05) is 44.9 Å². The fraction of sp³-hybridized carbons (Fsp3) is 0.562. The second kappa shape index (κ2) is 5.98. The van der Waals surface area contributed by atoms with Crippen LogP contribution in [0.2, 0.25) is 0 Å². The summed E-state index contributed by atoms with van der Waals surface area (Å²) in [7, 11) is 1.61. The highest BCUT2D eigenvalue weighted by Gasteiger charge is 2.42. The van der Waals surface area contributed by atoms with Gasteiger partial charge in [-0.2, -0.15) is 14.6 Å². The molecule has 2 fully saturated rings. The van der Waals surface area contributed by atoms with Crippen LogP contribution < -0.4 is 10.2 Å². The van der Waals surface area contributed by atoms with E-state index in [2.05, 4.69) is 32.2 Å². The fourth-order valence-corrected chi connectivity index (χ4v) is 3.55. The van der Waals surface area contributed by atoms with Gasteiger partial charge in [-0.1, -0.05) is 6.92 Å². The van der Waals surface area contributed by atoms with Crippen molar-refractivity contribution in [3.63, 3.8) is 0 Å². The predicted molar refractivity (Wildman–Crippen MR) is 90.0 cm³/mol. The minimum Gasteiger partial charge on any atom is -0.359 e. The summed E-state index contributed by atoms with van der Waals surface area (Å²) in [6, 6.07) is 2.16. The summed E-state index contributed by atoms with van der Waals surface area (Å²) in [5, 5.41) is 6.88. The van der Waals surface area contributed by atoms with E-state index < -0.39 is 0 Å². The van der Waals surface area contributed by atoms with Crippen LogP contribution in [0.5, 0.6) is 0 Å². The van der Waals surface area contributed by atoms with Crippen molar-refractivity contribution in [3.05, 3.63) is 18.1 Å². The molecule has 1 unspecified atom stereocenters. The van der Waals surface area contributed by atoms with Gasteiger partial charge in [0.1, 0.15) is 12.1 Å². The topological polar surface area (TPSA) is 95.7 Å². The zero-order valence-electron chi connectivity index (χ0n) is 14.3. The molecule has 2 aromatic heterocycles. The maximum atomic E-state index is 12.2. The number of likely N-dealkylation sites (tertiary alicyclic amines) is 1. The second-order valence-corrected chi connectivity index (χ2v) is 6.55. The molecule has 2 aliphatic heterocycles. The number of hydrogen-bond donors (Lipinski definition) is 1. The molecule has 0 saturated carbocycles. The Bertz CT molecular complexity index is 827. The van der Waals surface area contributed by atoms with E-state index in [9.17, 15) is 9.59 Å². The van der Waals surface area contributed by atoms with Crippen LogP contribution in [0.25, 0.3) is 5.78 Å². The van der Waals surface area contributed by atoms with E-state index in [1.165, 1.54) is 6.33 Å². The molecule has 0 aliphatic carbocycles. The van der Waals surface area contributed by atoms with Crippen LogP contribution in [0.3, 0.4) is 0 Å². The second-order valence-electron chi connectivity index (χ2n) is 6.55. The Hall–Kier alpha value is -2.71. The third-order valence-electron chi connectivity index (χ3n) is 5.05. The number of nitrogens with zero attached hydrogens (tertiary/aromatic N) is 6. The highest BCUT2D eigenvalue weighted by atomic mass is 16.2. The average Bonchev–Trinajstić information content (AvgIpc) is 3.19. The standard InChI is InChI=1S/C16H21N7O2/c1-3-11-5-13(23-16(20-11)18-9-19-23)21-7-12(8-21)22-6-10(4-14(22)24)15(25)17-2/h5,9-10,12H,3-4,6-8H2,1-2H3,(H,17,25). The Morgan fingerprint density at radius 1 is 1.36 bits per heavy atom. The lowest BCUT2D eigenvalue weighted by Gasteiger charge is -2.45. The molecule has 2 aliphatic rings. The molecule has 9 heteroatoms. The highest BCUT2D eigenvalue weighted by Crippen LogP contribution is 2.29. The Labute approximate surface area is 145 Å². The molecular formula is C16H21N7O2. The van der Waals surface area contributed by atoms with E-state index in [4.69, 9.17) is 0 Å². The molecule has 0 radical (unpaired) electrons. The molecule has 2 aromatic rings. The van der Waals surface area contributed by atoms with Crippen LogP contribution in [0.15, 0.2) is 12.4 Å². The van der Waals surface area contributed by atoms with Gasteiger partial charge in [-0.3, -0.25) is 9.59 Å². The van der Waals surface area contributed by atoms with E-state index >= 15 is 0 Å². The number of fused-ring (bicyclic) bond motifs is 1. The van der Waals surface area contributed by atoms with Crippen molar-refractivity contribution in [3.8, 4) is 0 Å². The first-order valence-electron chi connectivity index (χ1n) is 8.56. The first-order valence-corrected chi connectivity index (χ1v) is 8.56. The molecule has 132 valence electrons. The fourth-order valence-electron chi connectivity index (χ4n) is 3.55. The van der Waals surface area contributed by atoms with E-state index in [0.29, 0.717) is 18.7 Å². The summed E-state index contributed by atoms with van der Waals surface area (Å²) in [5.41, 5.74) is 0.968. The van der Waals surface area contributed by atoms with Crippen molar-refractivity contribution in [1.29, 1.82) is 0 Å². The highest BCUT2D eigenvalue weighted by molar-refractivity contribution is 5.89. The number of carbonyl (C=O) groups is 2. The zero-order chi connectivity index (χ0) is 17.6. The van der Waals surface area contributed by atoms with Crippen molar-refractivity contribution < 1.29 is 9.59 Å². The smallest absolute Gasteiger partial charge is 0.254 e. The van der Waals surface area contributed by atoms with Gasteiger partial charge >= 0.3 is 0 Å². The number of aromatic nitrogens is 4. The van der Waals surface area contributed by atoms with E-state index in [-0.39, 0.29) is 23.8 Å². The summed E-state index contributed by atoms with van der Waals surface area (Å²) in [6.45, 7) is 4.02. The van der Waals surface area contributed by atoms with E-state index in [1.54, 1.807) is 11.6 Å². The van der Waals surface area contributed by atoms with Crippen LogP contribution >= 0.6 is 0 Å². The minimum atomic E-state index is -0.235. The lowest BCUT2D eigenvalue weighted by Crippen LogP contribution is -2.60. The van der Waals surface area contributed by atoms with Gasteiger partial charge in [-0.15, -0.1) is 0 Å². The van der Waals surface area contributed by atoms with Gasteiger partial charge in [-0.05, 0) is 6.42 Å². The van der Waals surface area contributed by atoms with Gasteiger partial charge in [0.15, 0.2) is 0 Å². The van der Waals surface area contributed by atoms with Crippen LogP contribution in [-0.2, 0) is 16.0 Å². The Balaban J connectivity index is 1.48. The molecule has 0 spiro atoms. The van der Waals surface area contributed by atoms with Crippen molar-refractivity contribution in [1.82, 2.24) is 29.8 Å². The molecule has 1 atom stereocenters. The van der Waals surface area contributed by atoms with Crippen molar-refractivity contribution in [2.75, 3.05) is 31.6 Å². The molecule has 2 saturated heterocycles. The Morgan fingerprint density at radius 2 is 2.16 bits per heavy atom. The summed E-state index contributed by atoms with van der Waals surface area (Å²) in [5.74, 6) is 1.31. The molecule has 1 N–H and O–H groups in total. The van der Waals surface area contributed by atoms with Crippen LogP contribution in [0.1, 0.15) is 19.0 Å². The largest absolute Gasteiger partial charge is 0.359 e. The lowest BCUT2D eigenvalue weighted by atomic mass is 10.1. The quantitative estimate of drug-likeness (QED) is 0.802. The third kappa shape index (κ3) is 2.59. The number of nitrogens with one attached hydrogen (secondary N) is 1. The molecule has 2 amide bonds. The number of aryl methyl sites for hydroxylation is 1. The minimum absolute atomic E-state index is 0.0573. The van der Waals surface area contributed by atoms with Gasteiger partial charge in [0.05, 0.1) is 12.0 Å². The first-order chi connectivity index (χ1) is 12.1. The molecular weight excluding hydrogens is 322 g/mol. The van der Waals surface area contributed by atoms with Crippen molar-refractivity contribution in [2.45, 2.75) is 25.8 Å². The van der Waals surface area contributed by atoms with Crippen LogP contribution in [0, 0.1) is 5.92 Å². The summed E-state index contributed by atoms with van der Waals surface area (Å²) in [6.07, 6.45) is 2.63. The molecule has 0 bridgehead atoms. The Morgan fingerprint density at radius 3 is 2.88 bits per heavy atom. The lowest BCUT2D eigenvalue weighted by molar-refractivity contribution is -0.130. The molecule has 9 nitrogen and oxygen atoms in total. The Kier molecular flexibility index (Phi) is 3.78. The van der Waals surface area contributed by atoms with Gasteiger partial charge < -0.3 is 15.1 Å². The van der Waals surface area contributed by atoms with Crippen LogP contribution in [-0.4, -0.2) is 69.0 Å². The van der Waals surface area contributed by atoms with Crippen molar-refractivity contribution in [2.24, 2.45) is 5.92 Å². The van der Waals surface area contributed by atoms with E-state index in [1.807, 2.05) is 11.0 Å². The van der Waals surface area contributed by atoms with Crippen LogP contribution in [0.4, 0.5) is 5.82 Å². The number of anilines is 1. The average molecular weight is 343 g/mol. The molecule has 0 aromatic carbocycles. The predicted octanol–water partition coefficient (Wildman–Crippen LogP) is -0.530. The number of rotatable bonds is 4. The number of carbonyl (C=O) groups excluding carboxylic acids is 2. The zero-order valence-corrected chi connectivity index (χ0v) is 14.3. The maximum absolute atomic E-state index is 12.2. The summed E-state index contributed by atoms with van der Waals surface area (Å²) in [4.78, 5) is 36.7. The molecule has 4 rings (SSSR count). The molecule has 25 heavy (non-hydrogen) atoms. The van der Waals surface area contributed by atoms with E-state index in [0.717, 1.165) is 31.0 Å². The third-order valence-corrected chi connectivity index (χ3v) is 5.05. The summed E-state index contributed by atoms with van der Waals surface area (Å²) >= 11 is 0. The SMILES string of the molecule is CCc1cc(N2CC(N3CC(C(=O)NC)CC3=O)C2)n2ncnc2n1. The maximum Gasteiger partial charge on any atom is 0.254 e. The molecule has 4 heterocycles. The normalized spacial score (nSPS) is 21.0. The number of hydrogen-bond acceptors (Lipinski definition) is 6. The van der Waals surface area contributed by atoms with Crippen molar-refractivity contribution >= 4 is 23.4 Å². The van der Waals surface area contributed by atoms with Gasteiger partial charge in [-0.25, -0.2) is 4.98 Å².